The summed E-state index contributed by atoms with van der Waals surface area (Å²) in [5.74, 6) is 0. The van der Waals surface area contributed by atoms with E-state index in [4.69, 9.17) is 4.74 Å². The van der Waals surface area contributed by atoms with Crippen molar-refractivity contribution < 1.29 is 4.74 Å². The maximum Gasteiger partial charge on any atom is 0.0881 e. The Morgan fingerprint density at radius 3 is 3.29 bits per heavy atom. The van der Waals surface area contributed by atoms with Crippen LogP contribution in [0.1, 0.15) is 19.8 Å². The highest BCUT2D eigenvalue weighted by molar-refractivity contribution is 5.89. The number of hydrogen-bond acceptors (Lipinski definition) is 3. The van der Waals surface area contributed by atoms with E-state index in [2.05, 4.69) is 40.6 Å². The van der Waals surface area contributed by atoms with Crippen molar-refractivity contribution in [2.75, 3.05) is 11.9 Å². The number of anilines is 1. The van der Waals surface area contributed by atoms with Crippen molar-refractivity contribution in [3.8, 4) is 0 Å². The Kier molecular flexibility index (Phi) is 2.73. The van der Waals surface area contributed by atoms with Gasteiger partial charge in [-0.1, -0.05) is 12.1 Å². The van der Waals surface area contributed by atoms with Gasteiger partial charge in [0.05, 0.1) is 23.5 Å². The largest absolute Gasteiger partial charge is 0.380 e. The molecule has 2 unspecified atom stereocenters. The maximum absolute atomic E-state index is 5.56. The summed E-state index contributed by atoms with van der Waals surface area (Å²) in [6, 6.07) is 6.72. The molecule has 90 valence electrons. The number of fused-ring (bicyclic) bond motifs is 1. The SMILES string of the molecule is CC1CC(Nc2cccc3cn[nH]c23)CCO1. The molecule has 0 radical (unpaired) electrons. The second-order valence-corrected chi connectivity index (χ2v) is 4.69. The Labute approximate surface area is 100 Å². The number of aromatic amines is 1. The van der Waals surface area contributed by atoms with Crippen LogP contribution in [0.5, 0.6) is 0 Å². The predicted octanol–water partition coefficient (Wildman–Crippen LogP) is 2.54. The van der Waals surface area contributed by atoms with Gasteiger partial charge in [0.2, 0.25) is 0 Å². The number of nitrogens with zero attached hydrogens (tertiary/aromatic N) is 1. The van der Waals surface area contributed by atoms with E-state index in [9.17, 15) is 0 Å². The molecule has 1 fully saturated rings. The van der Waals surface area contributed by atoms with Crippen molar-refractivity contribution in [1.82, 2.24) is 10.2 Å². The van der Waals surface area contributed by atoms with Crippen molar-refractivity contribution in [3.05, 3.63) is 24.4 Å². The fourth-order valence-corrected chi connectivity index (χ4v) is 2.44. The number of benzene rings is 1. The third kappa shape index (κ3) is 2.13. The fraction of sp³-hybridized carbons (Fsp3) is 0.462. The van der Waals surface area contributed by atoms with E-state index in [-0.39, 0.29) is 0 Å². The molecule has 0 saturated carbocycles. The van der Waals surface area contributed by atoms with Gasteiger partial charge in [0.1, 0.15) is 0 Å². The summed E-state index contributed by atoms with van der Waals surface area (Å²) in [4.78, 5) is 0. The molecule has 1 aromatic carbocycles. The Morgan fingerprint density at radius 1 is 1.47 bits per heavy atom. The van der Waals surface area contributed by atoms with Crippen LogP contribution >= 0.6 is 0 Å². The molecule has 4 heteroatoms. The normalized spacial score (nSPS) is 25.0. The minimum absolute atomic E-state index is 0.349. The lowest BCUT2D eigenvalue weighted by atomic mass is 10.0. The van der Waals surface area contributed by atoms with Crippen molar-refractivity contribution in [2.45, 2.75) is 31.9 Å². The molecule has 1 saturated heterocycles. The highest BCUT2D eigenvalue weighted by Gasteiger charge is 2.19. The molecule has 2 heterocycles. The van der Waals surface area contributed by atoms with Gasteiger partial charge in [0.15, 0.2) is 0 Å². The minimum Gasteiger partial charge on any atom is -0.380 e. The summed E-state index contributed by atoms with van der Waals surface area (Å²) in [5.41, 5.74) is 2.23. The number of H-pyrrole nitrogens is 1. The van der Waals surface area contributed by atoms with E-state index < -0.39 is 0 Å². The van der Waals surface area contributed by atoms with Crippen LogP contribution in [-0.4, -0.2) is 29.0 Å². The molecule has 0 bridgehead atoms. The number of ether oxygens (including phenoxy) is 1. The molecule has 2 atom stereocenters. The molecule has 0 spiro atoms. The lowest BCUT2D eigenvalue weighted by Gasteiger charge is -2.28. The van der Waals surface area contributed by atoms with Crippen molar-refractivity contribution in [2.24, 2.45) is 0 Å². The van der Waals surface area contributed by atoms with Crippen LogP contribution in [0.25, 0.3) is 10.9 Å². The number of nitrogens with one attached hydrogen (secondary N) is 2. The van der Waals surface area contributed by atoms with Crippen LogP contribution in [-0.2, 0) is 4.74 Å². The summed E-state index contributed by atoms with van der Waals surface area (Å²) in [5, 5.41) is 11.9. The van der Waals surface area contributed by atoms with Gasteiger partial charge >= 0.3 is 0 Å². The third-order valence-electron chi connectivity index (χ3n) is 3.32. The van der Waals surface area contributed by atoms with Crippen LogP contribution < -0.4 is 5.32 Å². The highest BCUT2D eigenvalue weighted by Crippen LogP contribution is 2.24. The zero-order valence-corrected chi connectivity index (χ0v) is 9.94. The van der Waals surface area contributed by atoms with Gasteiger partial charge in [-0.25, -0.2) is 0 Å². The van der Waals surface area contributed by atoms with E-state index in [0.717, 1.165) is 36.0 Å². The molecular formula is C13H17N3O. The number of hydrogen-bond donors (Lipinski definition) is 2. The third-order valence-corrected chi connectivity index (χ3v) is 3.32. The first-order valence-corrected chi connectivity index (χ1v) is 6.13. The monoisotopic (exact) mass is 231 g/mol. The van der Waals surface area contributed by atoms with E-state index in [1.807, 2.05) is 6.20 Å². The van der Waals surface area contributed by atoms with Gasteiger partial charge in [0, 0.05) is 18.0 Å². The first-order valence-electron chi connectivity index (χ1n) is 6.13. The first-order chi connectivity index (χ1) is 8.33. The molecule has 1 aliphatic rings. The molecule has 0 aliphatic carbocycles. The molecule has 1 aliphatic heterocycles. The molecule has 2 N–H and O–H groups in total. The predicted molar refractivity (Wildman–Crippen MR) is 68.2 cm³/mol. The Hall–Kier alpha value is -1.55. The van der Waals surface area contributed by atoms with Gasteiger partial charge in [-0.2, -0.15) is 5.10 Å². The van der Waals surface area contributed by atoms with Crippen molar-refractivity contribution in [1.29, 1.82) is 0 Å². The fourth-order valence-electron chi connectivity index (χ4n) is 2.44. The lowest BCUT2D eigenvalue weighted by Crippen LogP contribution is -2.32. The standard InChI is InChI=1S/C13H17N3O/c1-9-7-11(5-6-17-9)15-12-4-2-3-10-8-14-16-13(10)12/h2-4,8-9,11,15H,5-7H2,1H3,(H,14,16). The Morgan fingerprint density at radius 2 is 2.41 bits per heavy atom. The maximum atomic E-state index is 5.56. The van der Waals surface area contributed by atoms with Crippen LogP contribution in [0, 0.1) is 0 Å². The van der Waals surface area contributed by atoms with E-state index in [1.165, 1.54) is 0 Å². The van der Waals surface area contributed by atoms with Gasteiger partial charge in [0.25, 0.3) is 0 Å². The number of para-hydroxylation sites is 1. The summed E-state index contributed by atoms with van der Waals surface area (Å²) in [6.07, 6.45) is 4.33. The second kappa shape index (κ2) is 4.37. The lowest BCUT2D eigenvalue weighted by molar-refractivity contribution is 0.0232. The highest BCUT2D eigenvalue weighted by atomic mass is 16.5. The van der Waals surface area contributed by atoms with Gasteiger partial charge in [-0.3, -0.25) is 5.10 Å². The van der Waals surface area contributed by atoms with E-state index in [0.29, 0.717) is 12.1 Å². The van der Waals surface area contributed by atoms with Crippen LogP contribution in [0.3, 0.4) is 0 Å². The summed E-state index contributed by atoms with van der Waals surface area (Å²) < 4.78 is 5.56. The minimum atomic E-state index is 0.349. The smallest absolute Gasteiger partial charge is 0.0881 e. The van der Waals surface area contributed by atoms with E-state index >= 15 is 0 Å². The van der Waals surface area contributed by atoms with Gasteiger partial charge in [-0.15, -0.1) is 0 Å². The zero-order chi connectivity index (χ0) is 11.7. The Bertz CT molecular complexity index is 508. The molecule has 17 heavy (non-hydrogen) atoms. The molecular weight excluding hydrogens is 214 g/mol. The Balaban J connectivity index is 1.82. The second-order valence-electron chi connectivity index (χ2n) is 4.69. The number of aromatic nitrogens is 2. The topological polar surface area (TPSA) is 49.9 Å². The summed E-state index contributed by atoms with van der Waals surface area (Å²) in [6.45, 7) is 2.97. The van der Waals surface area contributed by atoms with Crippen molar-refractivity contribution in [3.63, 3.8) is 0 Å². The quantitative estimate of drug-likeness (QED) is 0.835. The van der Waals surface area contributed by atoms with E-state index in [1.54, 1.807) is 0 Å². The first kappa shape index (κ1) is 10.6. The van der Waals surface area contributed by atoms with Crippen LogP contribution in [0.15, 0.2) is 24.4 Å². The average molecular weight is 231 g/mol. The molecule has 2 aromatic rings. The molecule has 3 rings (SSSR count). The van der Waals surface area contributed by atoms with Gasteiger partial charge < -0.3 is 10.1 Å². The summed E-state index contributed by atoms with van der Waals surface area (Å²) in [7, 11) is 0. The van der Waals surface area contributed by atoms with Crippen LogP contribution in [0.2, 0.25) is 0 Å². The molecule has 0 amide bonds. The number of rotatable bonds is 2. The molecule has 4 nitrogen and oxygen atoms in total. The zero-order valence-electron chi connectivity index (χ0n) is 9.94. The van der Waals surface area contributed by atoms with Gasteiger partial charge in [-0.05, 0) is 25.8 Å². The summed E-state index contributed by atoms with van der Waals surface area (Å²) >= 11 is 0. The average Bonchev–Trinajstić information content (AvgIpc) is 2.78. The molecule has 1 aromatic heterocycles. The van der Waals surface area contributed by atoms with Crippen molar-refractivity contribution >= 4 is 16.6 Å². The van der Waals surface area contributed by atoms with Crippen LogP contribution in [0.4, 0.5) is 5.69 Å².